The molecule has 0 spiro atoms. The summed E-state index contributed by atoms with van der Waals surface area (Å²) in [6, 6.07) is -0.165. The van der Waals surface area contributed by atoms with Crippen molar-refractivity contribution in [2.45, 2.75) is 45.4 Å². The van der Waals surface area contributed by atoms with E-state index in [1.165, 1.54) is 6.33 Å². The molecule has 1 aromatic heterocycles. The Morgan fingerprint density at radius 3 is 2.60 bits per heavy atom. The molecule has 8 heteroatoms. The predicted octanol–water partition coefficient (Wildman–Crippen LogP) is 1.63. The second-order valence-corrected chi connectivity index (χ2v) is 7.13. The van der Waals surface area contributed by atoms with Crippen molar-refractivity contribution in [2.24, 2.45) is 0 Å². The number of aromatic nitrogens is 2. The molecule has 0 aliphatic carbocycles. The van der Waals surface area contributed by atoms with E-state index < -0.39 is 5.60 Å². The highest BCUT2D eigenvalue weighted by atomic mass is 16.6. The summed E-state index contributed by atoms with van der Waals surface area (Å²) in [5.74, 6) is 0. The van der Waals surface area contributed by atoms with Crippen LogP contribution in [0.2, 0.25) is 0 Å². The van der Waals surface area contributed by atoms with E-state index in [-0.39, 0.29) is 24.8 Å². The predicted molar refractivity (Wildman–Crippen MR) is 90.8 cm³/mol. The molecule has 0 saturated carbocycles. The Morgan fingerprint density at radius 1 is 1.36 bits per heavy atom. The first kappa shape index (κ1) is 19.1. The van der Waals surface area contributed by atoms with Crippen LogP contribution in [-0.2, 0) is 14.3 Å². The van der Waals surface area contributed by atoms with Gasteiger partial charge in [-0.25, -0.2) is 14.8 Å². The summed E-state index contributed by atoms with van der Waals surface area (Å²) in [5.41, 5.74) is 0.359. The average molecular weight is 350 g/mol. The molecule has 2 rings (SSSR count). The van der Waals surface area contributed by atoms with Crippen molar-refractivity contribution in [1.82, 2.24) is 19.8 Å². The van der Waals surface area contributed by atoms with E-state index in [1.807, 2.05) is 27.7 Å². The van der Waals surface area contributed by atoms with Crippen molar-refractivity contribution in [3.8, 4) is 0 Å². The summed E-state index contributed by atoms with van der Waals surface area (Å²) in [6.45, 7) is 10.0. The summed E-state index contributed by atoms with van der Waals surface area (Å²) < 4.78 is 10.5. The maximum absolute atomic E-state index is 12.3. The van der Waals surface area contributed by atoms with Crippen LogP contribution in [0.15, 0.2) is 18.7 Å². The van der Waals surface area contributed by atoms with E-state index in [9.17, 15) is 9.59 Å². The topological polar surface area (TPSA) is 84.9 Å². The van der Waals surface area contributed by atoms with Crippen LogP contribution in [0.25, 0.3) is 0 Å². The summed E-state index contributed by atoms with van der Waals surface area (Å²) in [5, 5.41) is 0. The molecule has 0 radical (unpaired) electrons. The van der Waals surface area contributed by atoms with Crippen LogP contribution in [0.1, 0.15) is 39.3 Å². The number of carbonyl (C=O) groups is 2. The van der Waals surface area contributed by atoms with Crippen LogP contribution in [0.5, 0.6) is 0 Å². The van der Waals surface area contributed by atoms with E-state index >= 15 is 0 Å². The van der Waals surface area contributed by atoms with Crippen LogP contribution < -0.4 is 0 Å². The monoisotopic (exact) mass is 350 g/mol. The molecule has 1 saturated heterocycles. The molecule has 2 heterocycles. The number of nitrogens with zero attached hydrogens (tertiary/aromatic N) is 4. The van der Waals surface area contributed by atoms with Crippen LogP contribution in [0, 0.1) is 0 Å². The molecular weight excluding hydrogens is 324 g/mol. The lowest BCUT2D eigenvalue weighted by molar-refractivity contribution is -0.130. The van der Waals surface area contributed by atoms with Crippen molar-refractivity contribution >= 4 is 12.6 Å². The Labute approximate surface area is 148 Å². The normalized spacial score (nSPS) is 20.0. The molecule has 0 aromatic carbocycles. The molecule has 8 nitrogen and oxygen atoms in total. The highest BCUT2D eigenvalue weighted by Crippen LogP contribution is 2.24. The van der Waals surface area contributed by atoms with Gasteiger partial charge in [0.15, 0.2) is 0 Å². The van der Waals surface area contributed by atoms with Gasteiger partial charge < -0.3 is 14.4 Å². The molecule has 0 bridgehead atoms. The molecule has 1 fully saturated rings. The Morgan fingerprint density at radius 2 is 2.04 bits per heavy atom. The Hall–Kier alpha value is -2.22. The van der Waals surface area contributed by atoms with Crippen LogP contribution >= 0.6 is 0 Å². The Bertz CT molecular complexity index is 576. The van der Waals surface area contributed by atoms with Gasteiger partial charge in [0.05, 0.1) is 6.04 Å². The first-order valence-corrected chi connectivity index (χ1v) is 8.35. The lowest BCUT2D eigenvalue weighted by Gasteiger charge is -2.43. The second-order valence-electron chi connectivity index (χ2n) is 7.13. The standard InChI is InChI=1S/C17H26N4O4/c1-13-9-20(5-6-21(13)16(23)25-17(2,3)4)15(10-24-12-22)14-7-18-11-19-8-14/h7-8,11-13,15H,5-6,9-10H2,1-4H3. The van der Waals surface area contributed by atoms with Crippen molar-refractivity contribution in [3.05, 3.63) is 24.3 Å². The zero-order chi connectivity index (χ0) is 18.4. The molecule has 1 aromatic rings. The lowest BCUT2D eigenvalue weighted by Crippen LogP contribution is -2.56. The third-order valence-electron chi connectivity index (χ3n) is 4.02. The first-order valence-electron chi connectivity index (χ1n) is 8.35. The maximum Gasteiger partial charge on any atom is 0.410 e. The minimum Gasteiger partial charge on any atom is -0.466 e. The van der Waals surface area contributed by atoms with Gasteiger partial charge in [0, 0.05) is 43.6 Å². The fourth-order valence-electron chi connectivity index (χ4n) is 2.89. The number of amides is 1. The maximum atomic E-state index is 12.3. The van der Waals surface area contributed by atoms with Gasteiger partial charge in [0.25, 0.3) is 6.47 Å². The molecule has 1 aliphatic heterocycles. The number of hydrogen-bond acceptors (Lipinski definition) is 7. The zero-order valence-corrected chi connectivity index (χ0v) is 15.2. The number of piperazine rings is 1. The second kappa shape index (κ2) is 8.24. The summed E-state index contributed by atoms with van der Waals surface area (Å²) >= 11 is 0. The van der Waals surface area contributed by atoms with E-state index in [4.69, 9.17) is 9.47 Å². The zero-order valence-electron chi connectivity index (χ0n) is 15.2. The molecule has 1 aliphatic rings. The van der Waals surface area contributed by atoms with Gasteiger partial charge in [-0.2, -0.15) is 0 Å². The van der Waals surface area contributed by atoms with Gasteiger partial charge >= 0.3 is 6.09 Å². The van der Waals surface area contributed by atoms with Crippen molar-refractivity contribution in [2.75, 3.05) is 26.2 Å². The van der Waals surface area contributed by atoms with Gasteiger partial charge in [-0.05, 0) is 27.7 Å². The third-order valence-corrected chi connectivity index (χ3v) is 4.02. The number of ether oxygens (including phenoxy) is 2. The van der Waals surface area contributed by atoms with E-state index in [0.717, 1.165) is 5.56 Å². The minimum absolute atomic E-state index is 0.0213. The first-order chi connectivity index (χ1) is 11.8. The lowest BCUT2D eigenvalue weighted by atomic mass is 10.1. The van der Waals surface area contributed by atoms with Crippen LogP contribution in [0.4, 0.5) is 4.79 Å². The molecule has 2 atom stereocenters. The number of carbonyl (C=O) groups excluding carboxylic acids is 2. The molecule has 1 amide bonds. The summed E-state index contributed by atoms with van der Waals surface area (Å²) in [4.78, 5) is 35.0. The quantitative estimate of drug-likeness (QED) is 0.746. The van der Waals surface area contributed by atoms with Gasteiger partial charge in [-0.15, -0.1) is 0 Å². The largest absolute Gasteiger partial charge is 0.466 e. The SMILES string of the molecule is CC1CN(C(COC=O)c2cncnc2)CCN1C(=O)OC(C)(C)C. The molecule has 138 valence electrons. The smallest absolute Gasteiger partial charge is 0.410 e. The highest BCUT2D eigenvalue weighted by molar-refractivity contribution is 5.68. The Balaban J connectivity index is 2.06. The summed E-state index contributed by atoms with van der Waals surface area (Å²) in [6.07, 6.45) is 4.60. The van der Waals surface area contributed by atoms with Crippen LogP contribution in [-0.4, -0.2) is 70.2 Å². The molecule has 2 unspecified atom stereocenters. The third kappa shape index (κ3) is 5.38. The average Bonchev–Trinajstić information content (AvgIpc) is 2.54. The number of rotatable bonds is 5. The van der Waals surface area contributed by atoms with E-state index in [1.54, 1.807) is 17.3 Å². The molecule has 25 heavy (non-hydrogen) atoms. The summed E-state index contributed by atoms with van der Waals surface area (Å²) in [7, 11) is 0. The van der Waals surface area contributed by atoms with Crippen molar-refractivity contribution in [3.63, 3.8) is 0 Å². The fourth-order valence-corrected chi connectivity index (χ4v) is 2.89. The molecule has 0 N–H and O–H groups in total. The van der Waals surface area contributed by atoms with Crippen LogP contribution in [0.3, 0.4) is 0 Å². The van der Waals surface area contributed by atoms with Gasteiger partial charge in [0.2, 0.25) is 0 Å². The van der Waals surface area contributed by atoms with Gasteiger partial charge in [0.1, 0.15) is 18.5 Å². The fraction of sp³-hybridized carbons (Fsp3) is 0.647. The van der Waals surface area contributed by atoms with E-state index in [0.29, 0.717) is 26.1 Å². The Kier molecular flexibility index (Phi) is 6.30. The van der Waals surface area contributed by atoms with E-state index in [2.05, 4.69) is 14.9 Å². The highest BCUT2D eigenvalue weighted by Gasteiger charge is 2.34. The van der Waals surface area contributed by atoms with Crippen molar-refractivity contribution in [1.29, 1.82) is 0 Å². The number of hydrogen-bond donors (Lipinski definition) is 0. The van der Waals surface area contributed by atoms with Gasteiger partial charge in [-0.3, -0.25) is 9.69 Å². The minimum atomic E-state index is -0.518. The van der Waals surface area contributed by atoms with Gasteiger partial charge in [-0.1, -0.05) is 0 Å². The molecular formula is C17H26N4O4. The van der Waals surface area contributed by atoms with Crippen molar-refractivity contribution < 1.29 is 19.1 Å².